The first-order valence-corrected chi connectivity index (χ1v) is 10.5. The molecule has 28 heavy (non-hydrogen) atoms. The van der Waals surface area contributed by atoms with Gasteiger partial charge in [0.1, 0.15) is 0 Å². The summed E-state index contributed by atoms with van der Waals surface area (Å²) in [6.07, 6.45) is 1.45. The molecule has 2 aliphatic rings. The monoisotopic (exact) mass is 389 g/mol. The molecule has 3 aromatic rings. The number of thiophene rings is 1. The Balaban J connectivity index is 1.72. The van der Waals surface area contributed by atoms with Gasteiger partial charge in [-0.3, -0.25) is 9.89 Å². The molecule has 1 aliphatic heterocycles. The number of rotatable bonds is 2. The minimum absolute atomic E-state index is 0.0312. The maximum atomic E-state index is 13.3. The Morgan fingerprint density at radius 1 is 1.14 bits per heavy atom. The minimum atomic E-state index is -0.0649. The standard InChI is InChI=1S/C23H23N3OS/c1-13-6-8-14(9-7-13)21-20-19(17-5-4-10-28-17)18-15(24-22(20)26-25-21)11-23(2,3)12-16(18)27/h4-10,19H,11-12H2,1-3H3,(H2,24,25,26)/t19-/m1/s1. The van der Waals surface area contributed by atoms with Crippen molar-refractivity contribution in [3.8, 4) is 11.3 Å². The van der Waals surface area contributed by atoms with Crippen LogP contribution in [0.25, 0.3) is 11.3 Å². The van der Waals surface area contributed by atoms with Crippen molar-refractivity contribution in [1.29, 1.82) is 0 Å². The van der Waals surface area contributed by atoms with Crippen LogP contribution in [-0.4, -0.2) is 16.0 Å². The summed E-state index contributed by atoms with van der Waals surface area (Å²) in [6.45, 7) is 6.41. The predicted octanol–water partition coefficient (Wildman–Crippen LogP) is 5.65. The Labute approximate surface area is 168 Å². The normalized spacial score (nSPS) is 20.5. The first-order chi connectivity index (χ1) is 13.4. The zero-order chi connectivity index (χ0) is 19.5. The number of benzene rings is 1. The molecule has 5 heteroatoms. The van der Waals surface area contributed by atoms with Crippen molar-refractivity contribution in [2.24, 2.45) is 5.41 Å². The number of carbonyl (C=O) groups is 1. The summed E-state index contributed by atoms with van der Waals surface area (Å²) in [5.41, 5.74) is 6.31. The predicted molar refractivity (Wildman–Crippen MR) is 114 cm³/mol. The number of carbonyl (C=O) groups excluding carboxylic acids is 1. The van der Waals surface area contributed by atoms with Crippen LogP contribution >= 0.6 is 11.3 Å². The van der Waals surface area contributed by atoms with E-state index in [0.717, 1.165) is 40.3 Å². The van der Waals surface area contributed by atoms with E-state index >= 15 is 0 Å². The summed E-state index contributed by atoms with van der Waals surface area (Å²) in [4.78, 5) is 14.4. The highest BCUT2D eigenvalue weighted by Gasteiger charge is 2.43. The zero-order valence-electron chi connectivity index (χ0n) is 16.3. The molecule has 2 N–H and O–H groups in total. The first kappa shape index (κ1) is 17.4. The van der Waals surface area contributed by atoms with Gasteiger partial charge in [0.2, 0.25) is 0 Å². The van der Waals surface area contributed by atoms with Crippen LogP contribution in [0.15, 0.2) is 53.0 Å². The molecule has 0 amide bonds. The van der Waals surface area contributed by atoms with Gasteiger partial charge in [0, 0.05) is 28.1 Å². The lowest BCUT2D eigenvalue weighted by Crippen LogP contribution is -2.33. The van der Waals surface area contributed by atoms with Gasteiger partial charge >= 0.3 is 0 Å². The molecule has 0 radical (unpaired) electrons. The fraction of sp³-hybridized carbons (Fsp3) is 0.304. The van der Waals surface area contributed by atoms with Crippen LogP contribution in [0, 0.1) is 12.3 Å². The summed E-state index contributed by atoms with van der Waals surface area (Å²) in [6, 6.07) is 12.6. The van der Waals surface area contributed by atoms with Crippen LogP contribution in [-0.2, 0) is 4.79 Å². The molecule has 3 heterocycles. The highest BCUT2D eigenvalue weighted by Crippen LogP contribution is 2.51. The number of aryl methyl sites for hydroxylation is 1. The SMILES string of the molecule is Cc1ccc(-c2[nH]nc3c2[C@H](c2cccs2)C2=C(CC(C)(C)CC2=O)N3)cc1. The molecule has 0 unspecified atom stereocenters. The van der Waals surface area contributed by atoms with Gasteiger partial charge in [-0.1, -0.05) is 49.7 Å². The lowest BCUT2D eigenvalue weighted by atomic mass is 9.70. The molecule has 1 atom stereocenters. The van der Waals surface area contributed by atoms with E-state index in [-0.39, 0.29) is 17.1 Å². The Morgan fingerprint density at radius 3 is 2.64 bits per heavy atom. The van der Waals surface area contributed by atoms with E-state index in [0.29, 0.717) is 6.42 Å². The van der Waals surface area contributed by atoms with Crippen molar-refractivity contribution in [2.75, 3.05) is 5.32 Å². The highest BCUT2D eigenvalue weighted by atomic mass is 32.1. The second-order valence-corrected chi connectivity index (χ2v) is 9.61. The number of ketones is 1. The minimum Gasteiger partial charge on any atom is -0.342 e. The number of fused-ring (bicyclic) bond motifs is 1. The van der Waals surface area contributed by atoms with Gasteiger partial charge in [0.05, 0.1) is 11.6 Å². The average Bonchev–Trinajstić information content (AvgIpc) is 3.29. The van der Waals surface area contributed by atoms with Gasteiger partial charge in [0.15, 0.2) is 11.6 Å². The number of hydrogen-bond acceptors (Lipinski definition) is 4. The number of allylic oxidation sites excluding steroid dienone is 2. The Morgan fingerprint density at radius 2 is 1.93 bits per heavy atom. The molecule has 0 saturated carbocycles. The van der Waals surface area contributed by atoms with Crippen LogP contribution in [0.4, 0.5) is 5.82 Å². The van der Waals surface area contributed by atoms with E-state index in [1.807, 2.05) is 0 Å². The van der Waals surface area contributed by atoms with E-state index in [2.05, 4.69) is 78.1 Å². The molecule has 142 valence electrons. The second-order valence-electron chi connectivity index (χ2n) is 8.63. The van der Waals surface area contributed by atoms with Gasteiger partial charge in [0.25, 0.3) is 0 Å². The summed E-state index contributed by atoms with van der Waals surface area (Å²) in [7, 11) is 0. The number of H-pyrrole nitrogens is 1. The largest absolute Gasteiger partial charge is 0.342 e. The third-order valence-electron chi connectivity index (χ3n) is 5.74. The lowest BCUT2D eigenvalue weighted by molar-refractivity contribution is -0.118. The van der Waals surface area contributed by atoms with E-state index in [1.54, 1.807) is 11.3 Å². The van der Waals surface area contributed by atoms with Gasteiger partial charge in [-0.25, -0.2) is 0 Å². The number of aromatic nitrogens is 2. The third kappa shape index (κ3) is 2.73. The van der Waals surface area contributed by atoms with Gasteiger partial charge < -0.3 is 5.32 Å². The van der Waals surface area contributed by atoms with Gasteiger partial charge in [-0.05, 0) is 35.8 Å². The Hall–Kier alpha value is -2.66. The Kier molecular flexibility index (Phi) is 3.85. The van der Waals surface area contributed by atoms with Crippen LogP contribution in [0.3, 0.4) is 0 Å². The van der Waals surface area contributed by atoms with Crippen molar-refractivity contribution in [1.82, 2.24) is 10.2 Å². The number of anilines is 1. The van der Waals surface area contributed by atoms with E-state index in [9.17, 15) is 4.79 Å². The first-order valence-electron chi connectivity index (χ1n) is 9.65. The summed E-state index contributed by atoms with van der Waals surface area (Å²) < 4.78 is 0. The van der Waals surface area contributed by atoms with E-state index in [4.69, 9.17) is 0 Å². The maximum Gasteiger partial charge on any atom is 0.162 e. The molecular formula is C23H23N3OS. The molecule has 1 aromatic carbocycles. The summed E-state index contributed by atoms with van der Waals surface area (Å²) in [5.74, 6) is 1.03. The molecule has 2 aromatic heterocycles. The van der Waals surface area contributed by atoms with E-state index < -0.39 is 0 Å². The van der Waals surface area contributed by atoms with Crippen LogP contribution in [0.1, 0.15) is 48.6 Å². The second kappa shape index (κ2) is 6.17. The lowest BCUT2D eigenvalue weighted by Gasteiger charge is -2.37. The highest BCUT2D eigenvalue weighted by molar-refractivity contribution is 7.10. The fourth-order valence-corrected chi connectivity index (χ4v) is 5.32. The van der Waals surface area contributed by atoms with Crippen LogP contribution in [0.2, 0.25) is 0 Å². The molecule has 0 fully saturated rings. The van der Waals surface area contributed by atoms with Crippen molar-refractivity contribution < 1.29 is 4.79 Å². The Bertz CT molecular complexity index is 1090. The third-order valence-corrected chi connectivity index (χ3v) is 6.68. The number of nitrogens with one attached hydrogen (secondary N) is 2. The van der Waals surface area contributed by atoms with Crippen LogP contribution < -0.4 is 5.32 Å². The quantitative estimate of drug-likeness (QED) is 0.596. The van der Waals surface area contributed by atoms with Crippen molar-refractivity contribution >= 4 is 22.9 Å². The molecule has 4 nitrogen and oxygen atoms in total. The van der Waals surface area contributed by atoms with Gasteiger partial charge in [-0.15, -0.1) is 11.3 Å². The smallest absolute Gasteiger partial charge is 0.162 e. The molecule has 5 rings (SSSR count). The molecule has 0 spiro atoms. The number of Topliss-reactive ketones (excluding diaryl/α,β-unsaturated/α-hetero) is 1. The molecular weight excluding hydrogens is 366 g/mol. The average molecular weight is 390 g/mol. The molecule has 1 aliphatic carbocycles. The maximum absolute atomic E-state index is 13.3. The topological polar surface area (TPSA) is 57.8 Å². The van der Waals surface area contributed by atoms with Crippen LogP contribution in [0.5, 0.6) is 0 Å². The number of nitrogens with zero attached hydrogens (tertiary/aromatic N) is 1. The number of hydrogen-bond donors (Lipinski definition) is 2. The number of aromatic amines is 1. The van der Waals surface area contributed by atoms with Crippen molar-refractivity contribution in [2.45, 2.75) is 39.5 Å². The molecule has 0 bridgehead atoms. The summed E-state index contributed by atoms with van der Waals surface area (Å²) in [5, 5.41) is 13.4. The fourth-order valence-electron chi connectivity index (χ4n) is 4.48. The van der Waals surface area contributed by atoms with Crippen molar-refractivity contribution in [3.05, 3.63) is 69.1 Å². The summed E-state index contributed by atoms with van der Waals surface area (Å²) >= 11 is 1.70. The molecule has 0 saturated heterocycles. The zero-order valence-corrected chi connectivity index (χ0v) is 17.1. The van der Waals surface area contributed by atoms with E-state index in [1.165, 1.54) is 10.4 Å². The van der Waals surface area contributed by atoms with Crippen molar-refractivity contribution in [3.63, 3.8) is 0 Å². The van der Waals surface area contributed by atoms with Gasteiger partial charge in [-0.2, -0.15) is 5.10 Å².